The fourth-order valence-electron chi connectivity index (χ4n) is 2.96. The van der Waals surface area contributed by atoms with Crippen molar-refractivity contribution in [2.75, 3.05) is 11.4 Å². The zero-order valence-corrected chi connectivity index (χ0v) is 12.0. The van der Waals surface area contributed by atoms with E-state index in [1.807, 2.05) is 17.9 Å². The highest BCUT2D eigenvalue weighted by Gasteiger charge is 2.29. The van der Waals surface area contributed by atoms with Crippen LogP contribution in [-0.2, 0) is 7.05 Å². The summed E-state index contributed by atoms with van der Waals surface area (Å²) in [5, 5.41) is 6.38. The van der Waals surface area contributed by atoms with E-state index in [1.54, 1.807) is 17.7 Å². The molecule has 0 bridgehead atoms. The van der Waals surface area contributed by atoms with Gasteiger partial charge in [0.05, 0.1) is 22.5 Å². The van der Waals surface area contributed by atoms with E-state index in [-0.39, 0.29) is 0 Å². The van der Waals surface area contributed by atoms with Gasteiger partial charge >= 0.3 is 0 Å². The van der Waals surface area contributed by atoms with Gasteiger partial charge in [0.1, 0.15) is 6.33 Å². The molecule has 1 saturated heterocycles. The Morgan fingerprint density at radius 1 is 1.35 bits per heavy atom. The minimum Gasteiger partial charge on any atom is -0.348 e. The molecule has 6 heteroatoms. The van der Waals surface area contributed by atoms with Crippen LogP contribution in [0.4, 0.5) is 5.82 Å². The van der Waals surface area contributed by atoms with Gasteiger partial charge in [-0.15, -0.1) is 11.3 Å². The van der Waals surface area contributed by atoms with Gasteiger partial charge in [-0.1, -0.05) is 0 Å². The van der Waals surface area contributed by atoms with Crippen molar-refractivity contribution >= 4 is 27.4 Å². The summed E-state index contributed by atoms with van der Waals surface area (Å²) in [6, 6.07) is 2.43. The topological polar surface area (TPSA) is 46.8 Å². The maximum absolute atomic E-state index is 4.54. The number of fused-ring (bicyclic) bond motifs is 1. The number of hydrogen-bond acceptors (Lipinski definition) is 5. The molecule has 0 N–H and O–H groups in total. The Morgan fingerprint density at radius 2 is 2.30 bits per heavy atom. The zero-order valence-electron chi connectivity index (χ0n) is 11.2. The maximum atomic E-state index is 4.54. The molecule has 1 atom stereocenters. The van der Waals surface area contributed by atoms with Crippen LogP contribution in [0, 0.1) is 0 Å². The third-order valence-corrected chi connectivity index (χ3v) is 4.76. The summed E-state index contributed by atoms with van der Waals surface area (Å²) < 4.78 is 3.05. The van der Waals surface area contributed by atoms with E-state index in [2.05, 4.69) is 37.6 Å². The zero-order chi connectivity index (χ0) is 13.5. The number of rotatable bonds is 2. The van der Waals surface area contributed by atoms with E-state index in [0.29, 0.717) is 6.04 Å². The normalized spacial score (nSPS) is 19.1. The molecule has 0 unspecified atom stereocenters. The lowest BCUT2D eigenvalue weighted by atomic mass is 10.1. The second-order valence-corrected chi connectivity index (χ2v) is 6.05. The van der Waals surface area contributed by atoms with Crippen molar-refractivity contribution in [3.63, 3.8) is 0 Å². The highest BCUT2D eigenvalue weighted by molar-refractivity contribution is 7.17. The molecule has 1 fully saturated rings. The highest BCUT2D eigenvalue weighted by Crippen LogP contribution is 2.38. The van der Waals surface area contributed by atoms with Gasteiger partial charge < -0.3 is 4.90 Å². The Hall–Kier alpha value is -1.95. The molecule has 102 valence electrons. The van der Waals surface area contributed by atoms with E-state index in [9.17, 15) is 0 Å². The predicted octanol–water partition coefficient (Wildman–Crippen LogP) is 2.77. The molecule has 0 saturated carbocycles. The second kappa shape index (κ2) is 4.56. The molecule has 0 spiro atoms. The molecule has 1 aliphatic rings. The lowest BCUT2D eigenvalue weighted by Crippen LogP contribution is -2.23. The Labute approximate surface area is 120 Å². The molecule has 4 heterocycles. The molecular weight excluding hydrogens is 270 g/mol. The first kappa shape index (κ1) is 11.8. The molecule has 1 aliphatic heterocycles. The van der Waals surface area contributed by atoms with Crippen LogP contribution >= 0.6 is 11.3 Å². The van der Waals surface area contributed by atoms with Crippen LogP contribution in [0.2, 0.25) is 0 Å². The van der Waals surface area contributed by atoms with Crippen molar-refractivity contribution in [3.05, 3.63) is 35.7 Å². The smallest absolute Gasteiger partial charge is 0.150 e. The molecule has 5 nitrogen and oxygen atoms in total. The number of nitrogens with zero attached hydrogens (tertiary/aromatic N) is 5. The Morgan fingerprint density at radius 3 is 3.15 bits per heavy atom. The SMILES string of the molecule is Cn1cc([C@H]2CCCN2c2ncnc3ccsc23)cn1. The standard InChI is InChI=1S/C14H15N5S/c1-18-8-10(7-17-18)12-3-2-5-19(12)14-13-11(4-6-20-13)15-9-16-14/h4,6-9,12H,2-3,5H2,1H3/t12-/m1/s1. The fourth-order valence-corrected chi connectivity index (χ4v) is 3.81. The highest BCUT2D eigenvalue weighted by atomic mass is 32.1. The van der Waals surface area contributed by atoms with Crippen LogP contribution in [-0.4, -0.2) is 26.3 Å². The summed E-state index contributed by atoms with van der Waals surface area (Å²) in [6.07, 6.45) is 8.09. The van der Waals surface area contributed by atoms with E-state index in [1.165, 1.54) is 16.7 Å². The lowest BCUT2D eigenvalue weighted by Gasteiger charge is -2.25. The van der Waals surface area contributed by atoms with Crippen LogP contribution in [0.25, 0.3) is 10.2 Å². The Kier molecular flexibility index (Phi) is 2.70. The van der Waals surface area contributed by atoms with Gasteiger partial charge in [0.15, 0.2) is 5.82 Å². The van der Waals surface area contributed by atoms with Gasteiger partial charge in [0.25, 0.3) is 0 Å². The Balaban J connectivity index is 1.78. The molecular formula is C14H15N5S. The average Bonchev–Trinajstić information content (AvgIpc) is 3.17. The number of anilines is 1. The van der Waals surface area contributed by atoms with Gasteiger partial charge in [0, 0.05) is 25.4 Å². The lowest BCUT2D eigenvalue weighted by molar-refractivity contribution is 0.710. The van der Waals surface area contributed by atoms with Crippen molar-refractivity contribution in [1.29, 1.82) is 0 Å². The third-order valence-electron chi connectivity index (χ3n) is 3.86. The third kappa shape index (κ3) is 1.79. The monoisotopic (exact) mass is 285 g/mol. The number of thiophene rings is 1. The predicted molar refractivity (Wildman–Crippen MR) is 79.9 cm³/mol. The van der Waals surface area contributed by atoms with Crippen molar-refractivity contribution in [1.82, 2.24) is 19.7 Å². The van der Waals surface area contributed by atoms with Gasteiger partial charge in [-0.25, -0.2) is 9.97 Å². The van der Waals surface area contributed by atoms with Crippen LogP contribution < -0.4 is 4.90 Å². The molecule has 20 heavy (non-hydrogen) atoms. The van der Waals surface area contributed by atoms with Crippen molar-refractivity contribution in [3.8, 4) is 0 Å². The van der Waals surface area contributed by atoms with Gasteiger partial charge in [-0.3, -0.25) is 4.68 Å². The van der Waals surface area contributed by atoms with Gasteiger partial charge in [-0.05, 0) is 24.3 Å². The average molecular weight is 285 g/mol. The van der Waals surface area contributed by atoms with Crippen LogP contribution in [0.5, 0.6) is 0 Å². The molecule has 0 amide bonds. The van der Waals surface area contributed by atoms with Gasteiger partial charge in [-0.2, -0.15) is 5.10 Å². The van der Waals surface area contributed by atoms with Crippen molar-refractivity contribution in [2.24, 2.45) is 7.05 Å². The molecule has 0 aliphatic carbocycles. The van der Waals surface area contributed by atoms with Crippen LogP contribution in [0.3, 0.4) is 0 Å². The van der Waals surface area contributed by atoms with Crippen LogP contribution in [0.15, 0.2) is 30.2 Å². The number of hydrogen-bond donors (Lipinski definition) is 0. The fraction of sp³-hybridized carbons (Fsp3) is 0.357. The minimum atomic E-state index is 0.379. The summed E-state index contributed by atoms with van der Waals surface area (Å²) in [5.41, 5.74) is 2.31. The number of aryl methyl sites for hydroxylation is 1. The number of aromatic nitrogens is 4. The first-order valence-electron chi connectivity index (χ1n) is 6.76. The summed E-state index contributed by atoms with van der Waals surface area (Å²) >= 11 is 1.72. The van der Waals surface area contributed by atoms with Crippen molar-refractivity contribution in [2.45, 2.75) is 18.9 Å². The molecule has 3 aromatic heterocycles. The second-order valence-electron chi connectivity index (χ2n) is 5.13. The molecule has 4 rings (SSSR count). The summed E-state index contributed by atoms with van der Waals surface area (Å²) in [5.74, 6) is 1.07. The largest absolute Gasteiger partial charge is 0.348 e. The van der Waals surface area contributed by atoms with E-state index in [0.717, 1.165) is 24.3 Å². The minimum absolute atomic E-state index is 0.379. The van der Waals surface area contributed by atoms with E-state index >= 15 is 0 Å². The van der Waals surface area contributed by atoms with Crippen molar-refractivity contribution < 1.29 is 0 Å². The van der Waals surface area contributed by atoms with E-state index in [4.69, 9.17) is 0 Å². The molecule has 0 aromatic carbocycles. The first-order valence-corrected chi connectivity index (χ1v) is 7.64. The van der Waals surface area contributed by atoms with E-state index < -0.39 is 0 Å². The van der Waals surface area contributed by atoms with Crippen LogP contribution in [0.1, 0.15) is 24.4 Å². The summed E-state index contributed by atoms with van der Waals surface area (Å²) in [7, 11) is 1.96. The quantitative estimate of drug-likeness (QED) is 0.726. The molecule has 0 radical (unpaired) electrons. The summed E-state index contributed by atoms with van der Waals surface area (Å²) in [4.78, 5) is 11.3. The Bertz CT molecular complexity index is 747. The molecule has 3 aromatic rings. The summed E-state index contributed by atoms with van der Waals surface area (Å²) in [6.45, 7) is 1.05. The first-order chi connectivity index (χ1) is 9.83. The maximum Gasteiger partial charge on any atom is 0.150 e. The van der Waals surface area contributed by atoms with Gasteiger partial charge in [0.2, 0.25) is 0 Å².